The van der Waals surface area contributed by atoms with Gasteiger partial charge in [-0.1, -0.05) is 30.3 Å². The van der Waals surface area contributed by atoms with Gasteiger partial charge in [-0.2, -0.15) is 0 Å². The zero-order valence-corrected chi connectivity index (χ0v) is 10.7. The van der Waals surface area contributed by atoms with Gasteiger partial charge in [0.2, 0.25) is 0 Å². The van der Waals surface area contributed by atoms with E-state index in [1.807, 2.05) is 42.5 Å². The number of carbonyl (C=O) groups excluding carboxylic acids is 1. The fraction of sp³-hybridized carbons (Fsp3) is 0.312. The zero-order valence-electron chi connectivity index (χ0n) is 10.7. The highest BCUT2D eigenvalue weighted by Crippen LogP contribution is 2.18. The van der Waals surface area contributed by atoms with Gasteiger partial charge in [-0.15, -0.1) is 0 Å². The van der Waals surface area contributed by atoms with Gasteiger partial charge in [0.15, 0.2) is 0 Å². The van der Waals surface area contributed by atoms with Crippen LogP contribution in [0.25, 0.3) is 10.8 Å². The molecule has 2 aromatic rings. The highest BCUT2D eigenvalue weighted by Gasteiger charge is 2.19. The van der Waals surface area contributed by atoms with E-state index < -0.39 is 0 Å². The molecule has 0 aliphatic carbocycles. The Morgan fingerprint density at radius 1 is 1.05 bits per heavy atom. The third kappa shape index (κ3) is 2.76. The summed E-state index contributed by atoms with van der Waals surface area (Å²) in [5.41, 5.74) is 0.626. The average Bonchev–Trinajstić information content (AvgIpc) is 2.48. The molecule has 1 fully saturated rings. The quantitative estimate of drug-likeness (QED) is 0.773. The number of rotatable bonds is 2. The lowest BCUT2D eigenvalue weighted by Gasteiger charge is -2.21. The Morgan fingerprint density at radius 2 is 1.79 bits per heavy atom. The number of fused-ring (bicyclic) bond motifs is 1. The van der Waals surface area contributed by atoms with Crippen LogP contribution in [0.1, 0.15) is 23.2 Å². The molecule has 0 bridgehead atoms. The second kappa shape index (κ2) is 5.41. The van der Waals surface area contributed by atoms with E-state index in [1.54, 1.807) is 0 Å². The van der Waals surface area contributed by atoms with Crippen molar-refractivity contribution in [1.82, 2.24) is 5.32 Å². The third-order valence-corrected chi connectivity index (χ3v) is 3.48. The summed E-state index contributed by atoms with van der Waals surface area (Å²) >= 11 is 0. The first-order chi connectivity index (χ1) is 9.33. The van der Waals surface area contributed by atoms with E-state index in [1.165, 1.54) is 0 Å². The minimum Gasteiger partial charge on any atom is -0.459 e. The van der Waals surface area contributed by atoms with Gasteiger partial charge in [-0.3, -0.25) is 0 Å². The molecule has 3 nitrogen and oxygen atoms in total. The molecular weight excluding hydrogens is 238 g/mol. The lowest BCUT2D eigenvalue weighted by molar-refractivity contribution is 0.0227. The number of ether oxygens (including phenoxy) is 1. The molecule has 1 heterocycles. The number of esters is 1. The lowest BCUT2D eigenvalue weighted by atomic mass is 10.1. The molecule has 0 unspecified atom stereocenters. The minimum absolute atomic E-state index is 0.0245. The van der Waals surface area contributed by atoms with Gasteiger partial charge in [0.05, 0.1) is 5.56 Å². The van der Waals surface area contributed by atoms with E-state index in [2.05, 4.69) is 5.32 Å². The average molecular weight is 254 g/mol. The molecule has 0 atom stereocenters. The van der Waals surface area contributed by atoms with E-state index in [9.17, 15) is 4.79 Å². The SMILES string of the molecule is O=C(OC1CC[N]CC1)c1ccc2ccccc2c1. The number of hydrogen-bond donors (Lipinski definition) is 0. The molecule has 1 radical (unpaired) electrons. The van der Waals surface area contributed by atoms with Gasteiger partial charge in [-0.25, -0.2) is 10.1 Å². The van der Waals surface area contributed by atoms with Gasteiger partial charge in [0.25, 0.3) is 0 Å². The Morgan fingerprint density at radius 3 is 2.58 bits per heavy atom. The maximum Gasteiger partial charge on any atom is 0.338 e. The summed E-state index contributed by atoms with van der Waals surface area (Å²) in [6.45, 7) is 1.60. The molecule has 1 aliphatic heterocycles. The van der Waals surface area contributed by atoms with E-state index in [0.29, 0.717) is 5.56 Å². The van der Waals surface area contributed by atoms with Crippen LogP contribution in [-0.4, -0.2) is 25.2 Å². The van der Waals surface area contributed by atoms with E-state index in [-0.39, 0.29) is 12.1 Å². The van der Waals surface area contributed by atoms with Crippen molar-refractivity contribution >= 4 is 16.7 Å². The van der Waals surface area contributed by atoms with Crippen LogP contribution in [-0.2, 0) is 4.74 Å². The van der Waals surface area contributed by atoms with E-state index >= 15 is 0 Å². The van der Waals surface area contributed by atoms with Gasteiger partial charge in [-0.05, 0) is 35.7 Å². The largest absolute Gasteiger partial charge is 0.459 e. The first kappa shape index (κ1) is 12.2. The molecule has 3 heteroatoms. The molecule has 97 valence electrons. The van der Waals surface area contributed by atoms with Crippen molar-refractivity contribution in [1.29, 1.82) is 0 Å². The summed E-state index contributed by atoms with van der Waals surface area (Å²) in [5.74, 6) is -0.224. The predicted molar refractivity (Wildman–Crippen MR) is 74.3 cm³/mol. The number of benzene rings is 2. The molecule has 0 saturated carbocycles. The van der Waals surface area contributed by atoms with Crippen LogP contribution in [0.5, 0.6) is 0 Å². The maximum atomic E-state index is 12.1. The van der Waals surface area contributed by atoms with Crippen molar-refractivity contribution in [3.8, 4) is 0 Å². The highest BCUT2D eigenvalue weighted by atomic mass is 16.5. The van der Waals surface area contributed by atoms with Crippen LogP contribution in [0.3, 0.4) is 0 Å². The first-order valence-corrected chi connectivity index (χ1v) is 6.66. The van der Waals surface area contributed by atoms with E-state index in [0.717, 1.165) is 36.7 Å². The van der Waals surface area contributed by atoms with Gasteiger partial charge >= 0.3 is 5.97 Å². The summed E-state index contributed by atoms with van der Waals surface area (Å²) in [6, 6.07) is 13.7. The van der Waals surface area contributed by atoms with Crippen LogP contribution in [0.15, 0.2) is 42.5 Å². The summed E-state index contributed by atoms with van der Waals surface area (Å²) in [6.07, 6.45) is 1.72. The molecule has 0 N–H and O–H groups in total. The topological polar surface area (TPSA) is 40.4 Å². The van der Waals surface area contributed by atoms with Crippen molar-refractivity contribution in [2.24, 2.45) is 0 Å². The van der Waals surface area contributed by atoms with Crippen LogP contribution >= 0.6 is 0 Å². The number of hydrogen-bond acceptors (Lipinski definition) is 2. The fourth-order valence-corrected chi connectivity index (χ4v) is 2.38. The smallest absolute Gasteiger partial charge is 0.338 e. The van der Waals surface area contributed by atoms with Gasteiger partial charge < -0.3 is 4.74 Å². The maximum absolute atomic E-state index is 12.1. The Bertz CT molecular complexity index is 588. The Hall–Kier alpha value is -1.87. The molecule has 0 spiro atoms. The molecule has 1 saturated heterocycles. The van der Waals surface area contributed by atoms with Crippen LogP contribution in [0.2, 0.25) is 0 Å². The summed E-state index contributed by atoms with van der Waals surface area (Å²) < 4.78 is 5.53. The zero-order chi connectivity index (χ0) is 13.1. The number of piperidine rings is 1. The minimum atomic E-state index is -0.224. The molecule has 0 aromatic heterocycles. The summed E-state index contributed by atoms with van der Waals surface area (Å²) in [4.78, 5) is 12.1. The van der Waals surface area contributed by atoms with Crippen LogP contribution in [0, 0.1) is 0 Å². The van der Waals surface area contributed by atoms with Crippen LogP contribution in [0.4, 0.5) is 0 Å². The number of nitrogens with zero attached hydrogens (tertiary/aromatic N) is 1. The Balaban J connectivity index is 1.77. The van der Waals surface area contributed by atoms with Crippen molar-refractivity contribution in [3.05, 3.63) is 48.0 Å². The Kier molecular flexibility index (Phi) is 3.47. The molecule has 0 amide bonds. The molecule has 2 aromatic carbocycles. The first-order valence-electron chi connectivity index (χ1n) is 6.66. The van der Waals surface area contributed by atoms with Crippen LogP contribution < -0.4 is 5.32 Å². The second-order valence-electron chi connectivity index (χ2n) is 4.84. The van der Waals surface area contributed by atoms with Crippen molar-refractivity contribution in [2.45, 2.75) is 18.9 Å². The van der Waals surface area contributed by atoms with Crippen molar-refractivity contribution < 1.29 is 9.53 Å². The third-order valence-electron chi connectivity index (χ3n) is 3.48. The standard InChI is InChI=1S/C16H16NO2/c18-16(19-15-7-9-17-10-8-15)14-6-5-12-3-1-2-4-13(12)11-14/h1-6,11,15H,7-10H2. The van der Waals surface area contributed by atoms with Crippen molar-refractivity contribution in [3.63, 3.8) is 0 Å². The molecule has 1 aliphatic rings. The summed E-state index contributed by atoms with van der Waals surface area (Å²) in [7, 11) is 0. The lowest BCUT2D eigenvalue weighted by Crippen LogP contribution is -2.30. The summed E-state index contributed by atoms with van der Waals surface area (Å²) in [5, 5.41) is 6.46. The predicted octanol–water partition coefficient (Wildman–Crippen LogP) is 2.76. The number of carbonyl (C=O) groups is 1. The Labute approximate surface area is 112 Å². The van der Waals surface area contributed by atoms with Gasteiger partial charge in [0.1, 0.15) is 6.10 Å². The van der Waals surface area contributed by atoms with E-state index in [4.69, 9.17) is 4.74 Å². The van der Waals surface area contributed by atoms with Gasteiger partial charge in [0, 0.05) is 13.1 Å². The molecule has 3 rings (SSSR count). The molecule has 19 heavy (non-hydrogen) atoms. The molecular formula is C16H16NO2. The highest BCUT2D eigenvalue weighted by molar-refractivity contribution is 5.95. The fourth-order valence-electron chi connectivity index (χ4n) is 2.38. The van der Waals surface area contributed by atoms with Crippen molar-refractivity contribution in [2.75, 3.05) is 13.1 Å². The normalized spacial score (nSPS) is 16.4. The monoisotopic (exact) mass is 254 g/mol. The second-order valence-corrected chi connectivity index (χ2v) is 4.84.